The topological polar surface area (TPSA) is 56.5 Å². The molecular formula is C38H40N4O2. The molecule has 1 aliphatic rings. The van der Waals surface area contributed by atoms with Crippen LogP contribution in [0.4, 0.5) is 0 Å². The minimum Gasteiger partial charge on any atom is -0.496 e. The number of rotatable bonds is 8. The third-order valence-corrected chi connectivity index (χ3v) is 9.38. The SMILES string of the molecule is COc1ccccc1[C@@H](c1c(C)[nH]c2ccccc12)N1CCN([C@@H](c2ccccc2OC)c2c(C)[nH]c3ccccc23)CC1. The molecule has 1 saturated heterocycles. The van der Waals surface area contributed by atoms with E-state index in [0.717, 1.165) is 37.7 Å². The summed E-state index contributed by atoms with van der Waals surface area (Å²) < 4.78 is 11.9. The van der Waals surface area contributed by atoms with Crippen molar-refractivity contribution in [3.8, 4) is 11.5 Å². The van der Waals surface area contributed by atoms with Crippen molar-refractivity contribution in [3.05, 3.63) is 131 Å². The maximum Gasteiger partial charge on any atom is 0.123 e. The fourth-order valence-corrected chi connectivity index (χ4v) is 7.41. The number of aromatic nitrogens is 2. The van der Waals surface area contributed by atoms with E-state index in [1.807, 2.05) is 0 Å². The summed E-state index contributed by atoms with van der Waals surface area (Å²) >= 11 is 0. The fourth-order valence-electron chi connectivity index (χ4n) is 7.41. The smallest absolute Gasteiger partial charge is 0.123 e. The molecule has 0 amide bonds. The maximum absolute atomic E-state index is 5.95. The molecule has 44 heavy (non-hydrogen) atoms. The Bertz CT molecular complexity index is 1770. The highest BCUT2D eigenvalue weighted by Gasteiger charge is 2.35. The van der Waals surface area contributed by atoms with Gasteiger partial charge in [0.1, 0.15) is 11.5 Å². The van der Waals surface area contributed by atoms with E-state index < -0.39 is 0 Å². The highest BCUT2D eigenvalue weighted by molar-refractivity contribution is 5.86. The first-order valence-electron chi connectivity index (χ1n) is 15.5. The first kappa shape index (κ1) is 28.3. The molecule has 4 aromatic carbocycles. The van der Waals surface area contributed by atoms with Crippen molar-refractivity contribution < 1.29 is 9.47 Å². The van der Waals surface area contributed by atoms with Crippen LogP contribution in [-0.4, -0.2) is 60.2 Å². The summed E-state index contributed by atoms with van der Waals surface area (Å²) in [4.78, 5) is 12.6. The van der Waals surface area contributed by atoms with Gasteiger partial charge in [0.25, 0.3) is 0 Å². The number of nitrogens with one attached hydrogen (secondary N) is 2. The van der Waals surface area contributed by atoms with Gasteiger partial charge in [0, 0.05) is 81.6 Å². The van der Waals surface area contributed by atoms with Crippen molar-refractivity contribution in [2.45, 2.75) is 25.9 Å². The van der Waals surface area contributed by atoms with Crippen LogP contribution in [0.25, 0.3) is 21.8 Å². The summed E-state index contributed by atoms with van der Waals surface area (Å²) in [7, 11) is 3.55. The lowest BCUT2D eigenvalue weighted by molar-refractivity contribution is 0.0887. The Balaban J connectivity index is 1.29. The third kappa shape index (κ3) is 4.84. The molecule has 1 fully saturated rings. The van der Waals surface area contributed by atoms with E-state index in [4.69, 9.17) is 9.47 Å². The number of aromatic amines is 2. The second-order valence-corrected chi connectivity index (χ2v) is 11.8. The summed E-state index contributed by atoms with van der Waals surface area (Å²) in [6, 6.07) is 34.4. The van der Waals surface area contributed by atoms with Crippen molar-refractivity contribution in [1.82, 2.24) is 19.8 Å². The van der Waals surface area contributed by atoms with E-state index in [1.54, 1.807) is 14.2 Å². The number of hydrogen-bond donors (Lipinski definition) is 2. The molecule has 2 atom stereocenters. The number of methoxy groups -OCH3 is 2. The Labute approximate surface area is 259 Å². The van der Waals surface area contributed by atoms with Gasteiger partial charge in [-0.15, -0.1) is 0 Å². The predicted molar refractivity (Wildman–Crippen MR) is 179 cm³/mol. The lowest BCUT2D eigenvalue weighted by Gasteiger charge is -2.43. The zero-order valence-electron chi connectivity index (χ0n) is 25.9. The van der Waals surface area contributed by atoms with Crippen LogP contribution in [0.5, 0.6) is 11.5 Å². The molecule has 6 heteroatoms. The number of para-hydroxylation sites is 4. The molecule has 0 aliphatic carbocycles. The highest BCUT2D eigenvalue weighted by Crippen LogP contribution is 2.43. The third-order valence-electron chi connectivity index (χ3n) is 9.38. The van der Waals surface area contributed by atoms with E-state index in [1.165, 1.54) is 55.4 Å². The maximum atomic E-state index is 5.95. The van der Waals surface area contributed by atoms with E-state index in [2.05, 4.69) is 131 Å². The number of fused-ring (bicyclic) bond motifs is 2. The normalized spacial score (nSPS) is 15.9. The van der Waals surface area contributed by atoms with Gasteiger partial charge in [0.05, 0.1) is 26.3 Å². The molecule has 0 saturated carbocycles. The van der Waals surface area contributed by atoms with Crippen LogP contribution < -0.4 is 9.47 Å². The Morgan fingerprint density at radius 3 is 1.30 bits per heavy atom. The largest absolute Gasteiger partial charge is 0.496 e. The fraction of sp³-hybridized carbons (Fsp3) is 0.263. The van der Waals surface area contributed by atoms with Crippen LogP contribution in [0.3, 0.4) is 0 Å². The van der Waals surface area contributed by atoms with Crippen molar-refractivity contribution in [1.29, 1.82) is 0 Å². The minimum absolute atomic E-state index is 0.0592. The molecule has 6 aromatic rings. The minimum atomic E-state index is 0.0592. The summed E-state index contributed by atoms with van der Waals surface area (Å²) in [5.41, 5.74) is 9.79. The second kappa shape index (κ2) is 11.9. The van der Waals surface area contributed by atoms with E-state index in [-0.39, 0.29) is 12.1 Å². The van der Waals surface area contributed by atoms with Gasteiger partial charge < -0.3 is 19.4 Å². The molecular weight excluding hydrogens is 544 g/mol. The van der Waals surface area contributed by atoms with Gasteiger partial charge in [0.15, 0.2) is 0 Å². The first-order valence-corrected chi connectivity index (χ1v) is 15.5. The highest BCUT2D eigenvalue weighted by atomic mass is 16.5. The Morgan fingerprint density at radius 1 is 0.523 bits per heavy atom. The van der Waals surface area contributed by atoms with Gasteiger partial charge in [-0.1, -0.05) is 72.8 Å². The van der Waals surface area contributed by atoms with Crippen LogP contribution in [-0.2, 0) is 0 Å². The monoisotopic (exact) mass is 584 g/mol. The first-order chi connectivity index (χ1) is 21.6. The zero-order chi connectivity index (χ0) is 30.2. The molecule has 2 aromatic heterocycles. The van der Waals surface area contributed by atoms with Gasteiger partial charge in [0.2, 0.25) is 0 Å². The van der Waals surface area contributed by atoms with E-state index in [9.17, 15) is 0 Å². The molecule has 3 heterocycles. The van der Waals surface area contributed by atoms with Crippen LogP contribution >= 0.6 is 0 Å². The lowest BCUT2D eigenvalue weighted by atomic mass is 9.91. The van der Waals surface area contributed by atoms with Crippen molar-refractivity contribution in [3.63, 3.8) is 0 Å². The summed E-state index contributed by atoms with van der Waals surface area (Å²) in [6.45, 7) is 8.05. The van der Waals surface area contributed by atoms with Crippen LogP contribution in [0, 0.1) is 13.8 Å². The molecule has 6 nitrogen and oxygen atoms in total. The molecule has 2 N–H and O–H groups in total. The van der Waals surface area contributed by atoms with E-state index in [0.29, 0.717) is 0 Å². The molecule has 224 valence electrons. The van der Waals surface area contributed by atoms with Gasteiger partial charge in [-0.05, 0) is 38.1 Å². The number of nitrogens with zero attached hydrogens (tertiary/aromatic N) is 2. The predicted octanol–water partition coefficient (Wildman–Crippen LogP) is 7.78. The lowest BCUT2D eigenvalue weighted by Crippen LogP contribution is -2.49. The van der Waals surface area contributed by atoms with Gasteiger partial charge in [-0.2, -0.15) is 0 Å². The second-order valence-electron chi connectivity index (χ2n) is 11.8. The Morgan fingerprint density at radius 2 is 0.886 bits per heavy atom. The number of ether oxygens (including phenoxy) is 2. The average Bonchev–Trinajstić information content (AvgIpc) is 3.58. The molecule has 0 unspecified atom stereocenters. The summed E-state index contributed by atoms with van der Waals surface area (Å²) in [5, 5.41) is 2.54. The van der Waals surface area contributed by atoms with Crippen molar-refractivity contribution in [2.75, 3.05) is 40.4 Å². The number of benzene rings is 4. The van der Waals surface area contributed by atoms with Gasteiger partial charge in [-0.3, -0.25) is 9.80 Å². The molecule has 1 aliphatic heterocycles. The number of aryl methyl sites for hydroxylation is 2. The van der Waals surface area contributed by atoms with E-state index >= 15 is 0 Å². The Hall–Kier alpha value is -4.52. The standard InChI is InChI=1S/C38H40N4O2/c1-25-35(27-13-5-9-17-31(27)39-25)37(29-15-7-11-19-33(29)43-3)41-21-23-42(24-22-41)38(30-16-8-12-20-34(30)44-4)36-26(2)40-32-18-10-6-14-28(32)36/h5-20,37-40H,21-24H2,1-4H3/t37-,38-/m0/s1. The molecule has 0 radical (unpaired) electrons. The quantitative estimate of drug-likeness (QED) is 0.192. The molecule has 7 rings (SSSR count). The Kier molecular flexibility index (Phi) is 7.62. The van der Waals surface area contributed by atoms with Crippen molar-refractivity contribution in [2.24, 2.45) is 0 Å². The number of hydrogen-bond acceptors (Lipinski definition) is 4. The van der Waals surface area contributed by atoms with Gasteiger partial charge in [-0.25, -0.2) is 0 Å². The van der Waals surface area contributed by atoms with Crippen molar-refractivity contribution >= 4 is 21.8 Å². The molecule has 0 bridgehead atoms. The number of piperazine rings is 1. The average molecular weight is 585 g/mol. The van der Waals surface area contributed by atoms with Crippen LogP contribution in [0.1, 0.15) is 45.7 Å². The molecule has 0 spiro atoms. The van der Waals surface area contributed by atoms with Crippen LogP contribution in [0.15, 0.2) is 97.1 Å². The number of H-pyrrole nitrogens is 2. The van der Waals surface area contributed by atoms with Gasteiger partial charge >= 0.3 is 0 Å². The van der Waals surface area contributed by atoms with Crippen LogP contribution in [0.2, 0.25) is 0 Å². The summed E-state index contributed by atoms with van der Waals surface area (Å²) in [5.74, 6) is 1.84. The summed E-state index contributed by atoms with van der Waals surface area (Å²) in [6.07, 6.45) is 0. The zero-order valence-corrected chi connectivity index (χ0v) is 25.9.